The van der Waals surface area contributed by atoms with Gasteiger partial charge in [0.15, 0.2) is 18.2 Å². The van der Waals surface area contributed by atoms with E-state index in [1.807, 2.05) is 0 Å². The van der Waals surface area contributed by atoms with Crippen molar-refractivity contribution in [2.75, 3.05) is 33.9 Å². The molecule has 106 valence electrons. The van der Waals surface area contributed by atoms with Crippen molar-refractivity contribution in [3.63, 3.8) is 0 Å². The highest BCUT2D eigenvalue weighted by Crippen LogP contribution is 2.22. The van der Waals surface area contributed by atoms with E-state index in [4.69, 9.17) is 9.47 Å². The van der Waals surface area contributed by atoms with Gasteiger partial charge in [-0.1, -0.05) is 12.1 Å². The summed E-state index contributed by atoms with van der Waals surface area (Å²) in [6.07, 6.45) is 0. The molecular formula is C13H19FN2O3. The summed E-state index contributed by atoms with van der Waals surface area (Å²) in [7, 11) is 3.11. The second-order valence-electron chi connectivity index (χ2n) is 3.86. The highest BCUT2D eigenvalue weighted by atomic mass is 19.1. The number of rotatable bonds is 8. The highest BCUT2D eigenvalue weighted by molar-refractivity contribution is 5.77. The van der Waals surface area contributed by atoms with Crippen LogP contribution >= 0.6 is 0 Å². The number of benzene rings is 1. The Kier molecular flexibility index (Phi) is 6.84. The Bertz CT molecular complexity index is 413. The topological polar surface area (TPSA) is 59.6 Å². The summed E-state index contributed by atoms with van der Waals surface area (Å²) >= 11 is 0. The summed E-state index contributed by atoms with van der Waals surface area (Å²) < 4.78 is 23.8. The van der Waals surface area contributed by atoms with E-state index in [2.05, 4.69) is 10.6 Å². The fraction of sp³-hybridized carbons (Fsp3) is 0.462. The van der Waals surface area contributed by atoms with Gasteiger partial charge in [-0.25, -0.2) is 4.39 Å². The molecule has 1 rings (SSSR count). The van der Waals surface area contributed by atoms with Crippen LogP contribution in [0, 0.1) is 5.82 Å². The molecule has 0 aliphatic heterocycles. The molecule has 0 spiro atoms. The molecule has 19 heavy (non-hydrogen) atoms. The third-order valence-electron chi connectivity index (χ3n) is 2.47. The normalized spacial score (nSPS) is 10.3. The predicted molar refractivity (Wildman–Crippen MR) is 69.5 cm³/mol. The third-order valence-corrected chi connectivity index (χ3v) is 2.47. The van der Waals surface area contributed by atoms with Crippen molar-refractivity contribution in [3.05, 3.63) is 29.6 Å². The van der Waals surface area contributed by atoms with E-state index in [0.717, 1.165) is 0 Å². The summed E-state index contributed by atoms with van der Waals surface area (Å²) in [6.45, 7) is 1.47. The lowest BCUT2D eigenvalue weighted by atomic mass is 10.2. The van der Waals surface area contributed by atoms with Crippen LogP contribution < -0.4 is 15.4 Å². The SMILES string of the molecule is CNC(=O)COc1c(F)cccc1CNCCOC. The summed E-state index contributed by atoms with van der Waals surface area (Å²) in [6, 6.07) is 4.66. The van der Waals surface area contributed by atoms with Gasteiger partial charge in [-0.2, -0.15) is 0 Å². The zero-order valence-corrected chi connectivity index (χ0v) is 11.2. The molecule has 0 saturated heterocycles. The van der Waals surface area contributed by atoms with Gasteiger partial charge >= 0.3 is 0 Å². The maximum absolute atomic E-state index is 13.7. The minimum atomic E-state index is -0.477. The van der Waals surface area contributed by atoms with Gasteiger partial charge in [0.2, 0.25) is 0 Å². The molecule has 2 N–H and O–H groups in total. The van der Waals surface area contributed by atoms with Gasteiger partial charge in [0.1, 0.15) is 0 Å². The van der Waals surface area contributed by atoms with Crippen LogP contribution in [0.2, 0.25) is 0 Å². The van der Waals surface area contributed by atoms with Gasteiger partial charge in [-0.05, 0) is 6.07 Å². The number of carbonyl (C=O) groups excluding carboxylic acids is 1. The number of likely N-dealkylation sites (N-methyl/N-ethyl adjacent to an activating group) is 1. The number of nitrogens with one attached hydrogen (secondary N) is 2. The fourth-order valence-electron chi connectivity index (χ4n) is 1.46. The zero-order chi connectivity index (χ0) is 14.1. The van der Waals surface area contributed by atoms with E-state index in [0.29, 0.717) is 25.3 Å². The van der Waals surface area contributed by atoms with Crippen molar-refractivity contribution in [2.24, 2.45) is 0 Å². The fourth-order valence-corrected chi connectivity index (χ4v) is 1.46. The molecule has 0 aromatic heterocycles. The largest absolute Gasteiger partial charge is 0.480 e. The Labute approximate surface area is 112 Å². The highest BCUT2D eigenvalue weighted by Gasteiger charge is 2.11. The van der Waals surface area contributed by atoms with E-state index in [1.165, 1.54) is 13.1 Å². The Morgan fingerprint density at radius 3 is 2.89 bits per heavy atom. The van der Waals surface area contributed by atoms with Gasteiger partial charge in [0, 0.05) is 32.8 Å². The molecule has 0 radical (unpaired) electrons. The summed E-state index contributed by atoms with van der Waals surface area (Å²) in [4.78, 5) is 11.1. The summed E-state index contributed by atoms with van der Waals surface area (Å²) in [5, 5.41) is 5.52. The summed E-state index contributed by atoms with van der Waals surface area (Å²) in [5.74, 6) is -0.674. The Balaban J connectivity index is 2.63. The second-order valence-corrected chi connectivity index (χ2v) is 3.86. The van der Waals surface area contributed by atoms with Crippen molar-refractivity contribution in [1.29, 1.82) is 0 Å². The lowest BCUT2D eigenvalue weighted by Gasteiger charge is -2.12. The molecule has 0 atom stereocenters. The average molecular weight is 270 g/mol. The van der Waals surface area contributed by atoms with Gasteiger partial charge in [-0.3, -0.25) is 4.79 Å². The molecule has 0 aliphatic rings. The van der Waals surface area contributed by atoms with Crippen LogP contribution in [0.3, 0.4) is 0 Å². The molecule has 6 heteroatoms. The van der Waals surface area contributed by atoms with Crippen molar-refractivity contribution >= 4 is 5.91 Å². The molecule has 0 heterocycles. The maximum atomic E-state index is 13.7. The first kappa shape index (κ1) is 15.4. The number of methoxy groups -OCH3 is 1. The Morgan fingerprint density at radius 1 is 1.42 bits per heavy atom. The average Bonchev–Trinajstić information content (AvgIpc) is 2.42. The molecule has 0 saturated carbocycles. The van der Waals surface area contributed by atoms with Crippen molar-refractivity contribution < 1.29 is 18.7 Å². The second kappa shape index (κ2) is 8.44. The Morgan fingerprint density at radius 2 is 2.21 bits per heavy atom. The van der Waals surface area contributed by atoms with Crippen LogP contribution in [0.25, 0.3) is 0 Å². The molecule has 1 aromatic rings. The summed E-state index contributed by atoms with van der Waals surface area (Å²) in [5.41, 5.74) is 0.667. The van der Waals surface area contributed by atoms with Gasteiger partial charge in [0.25, 0.3) is 5.91 Å². The van der Waals surface area contributed by atoms with Crippen molar-refractivity contribution in [3.8, 4) is 5.75 Å². The van der Waals surface area contributed by atoms with Crippen LogP contribution in [0.1, 0.15) is 5.56 Å². The number of hydrogen-bond acceptors (Lipinski definition) is 4. The zero-order valence-electron chi connectivity index (χ0n) is 11.2. The molecular weight excluding hydrogens is 251 g/mol. The number of para-hydroxylation sites is 1. The lowest BCUT2D eigenvalue weighted by molar-refractivity contribution is -0.122. The monoisotopic (exact) mass is 270 g/mol. The molecule has 5 nitrogen and oxygen atoms in total. The molecule has 0 fully saturated rings. The number of hydrogen-bond donors (Lipinski definition) is 2. The molecule has 0 unspecified atom stereocenters. The van der Waals surface area contributed by atoms with E-state index in [9.17, 15) is 9.18 Å². The molecule has 0 bridgehead atoms. The first-order valence-corrected chi connectivity index (χ1v) is 5.99. The Hall–Kier alpha value is -1.66. The van der Waals surface area contributed by atoms with Crippen LogP contribution in [0.4, 0.5) is 4.39 Å². The van der Waals surface area contributed by atoms with Gasteiger partial charge < -0.3 is 20.1 Å². The van der Waals surface area contributed by atoms with Crippen LogP contribution in [-0.4, -0.2) is 39.8 Å². The van der Waals surface area contributed by atoms with E-state index >= 15 is 0 Å². The smallest absolute Gasteiger partial charge is 0.257 e. The molecule has 0 aliphatic carbocycles. The number of carbonyl (C=O) groups is 1. The number of halogens is 1. The van der Waals surface area contributed by atoms with Gasteiger partial charge in [-0.15, -0.1) is 0 Å². The first-order chi connectivity index (χ1) is 9.19. The van der Waals surface area contributed by atoms with Gasteiger partial charge in [0.05, 0.1) is 6.61 Å². The minimum absolute atomic E-state index is 0.107. The number of ether oxygens (including phenoxy) is 2. The first-order valence-electron chi connectivity index (χ1n) is 5.99. The number of amides is 1. The van der Waals surface area contributed by atoms with E-state index in [1.54, 1.807) is 19.2 Å². The van der Waals surface area contributed by atoms with E-state index < -0.39 is 5.82 Å². The minimum Gasteiger partial charge on any atom is -0.480 e. The molecule has 1 aromatic carbocycles. The van der Waals surface area contributed by atoms with Crippen LogP contribution in [0.5, 0.6) is 5.75 Å². The van der Waals surface area contributed by atoms with Crippen LogP contribution in [0.15, 0.2) is 18.2 Å². The van der Waals surface area contributed by atoms with E-state index in [-0.39, 0.29) is 18.3 Å². The molecule has 1 amide bonds. The predicted octanol–water partition coefficient (Wildman–Crippen LogP) is 0.686. The van der Waals surface area contributed by atoms with Crippen molar-refractivity contribution in [2.45, 2.75) is 6.54 Å². The quantitative estimate of drug-likeness (QED) is 0.682. The third kappa shape index (κ3) is 5.23. The lowest BCUT2D eigenvalue weighted by Crippen LogP contribution is -2.26. The van der Waals surface area contributed by atoms with Crippen LogP contribution in [-0.2, 0) is 16.1 Å². The van der Waals surface area contributed by atoms with Crippen molar-refractivity contribution in [1.82, 2.24) is 10.6 Å². The maximum Gasteiger partial charge on any atom is 0.257 e. The standard InChI is InChI=1S/C13H19FN2O3/c1-15-12(17)9-19-13-10(4-3-5-11(13)14)8-16-6-7-18-2/h3-5,16H,6-9H2,1-2H3,(H,15,17).